The van der Waals surface area contributed by atoms with Crippen LogP contribution < -0.4 is 5.32 Å². The average Bonchev–Trinajstić information content (AvgIpc) is 2.88. The van der Waals surface area contributed by atoms with Crippen LogP contribution >= 0.6 is 0 Å². The van der Waals surface area contributed by atoms with Crippen LogP contribution in [0.5, 0.6) is 0 Å². The van der Waals surface area contributed by atoms with E-state index in [1.807, 2.05) is 6.07 Å². The maximum atomic E-state index is 5.64. The van der Waals surface area contributed by atoms with Crippen LogP contribution in [0.25, 0.3) is 0 Å². The lowest BCUT2D eigenvalue weighted by molar-refractivity contribution is -0.0628. The van der Waals surface area contributed by atoms with E-state index >= 15 is 0 Å². The molecule has 104 valence electrons. The number of rotatable bonds is 4. The Kier molecular flexibility index (Phi) is 2.77. The van der Waals surface area contributed by atoms with E-state index in [1.165, 1.54) is 44.9 Å². The van der Waals surface area contributed by atoms with Gasteiger partial charge in [-0.15, -0.1) is 0 Å². The Bertz CT molecular complexity index is 401. The summed E-state index contributed by atoms with van der Waals surface area (Å²) in [5.74, 6) is 4.25. The van der Waals surface area contributed by atoms with Gasteiger partial charge >= 0.3 is 0 Å². The van der Waals surface area contributed by atoms with E-state index in [0.717, 1.165) is 23.5 Å². The smallest absolute Gasteiger partial charge is 0.120 e. The molecule has 0 aromatic carbocycles. The zero-order valence-corrected chi connectivity index (χ0v) is 11.9. The van der Waals surface area contributed by atoms with Crippen LogP contribution in [0.2, 0.25) is 0 Å². The van der Waals surface area contributed by atoms with Gasteiger partial charge in [0.2, 0.25) is 0 Å². The summed E-state index contributed by atoms with van der Waals surface area (Å²) in [7, 11) is 2.08. The predicted molar refractivity (Wildman–Crippen MR) is 75.7 cm³/mol. The number of hydrogen-bond acceptors (Lipinski definition) is 2. The molecule has 0 radical (unpaired) electrons. The second-order valence-electron chi connectivity index (χ2n) is 7.48. The molecule has 4 aliphatic carbocycles. The molecular formula is C17H25NO. The Balaban J connectivity index is 1.55. The summed E-state index contributed by atoms with van der Waals surface area (Å²) >= 11 is 0. The third kappa shape index (κ3) is 2.05. The summed E-state index contributed by atoms with van der Waals surface area (Å²) in [4.78, 5) is 0. The summed E-state index contributed by atoms with van der Waals surface area (Å²) < 4.78 is 5.64. The quantitative estimate of drug-likeness (QED) is 0.879. The van der Waals surface area contributed by atoms with E-state index in [9.17, 15) is 0 Å². The van der Waals surface area contributed by atoms with Crippen LogP contribution in [-0.4, -0.2) is 7.05 Å². The standard InChI is InChI=1S/C17H25NO/c1-18-15(16-3-2-4-19-16)11-17-8-12-5-13(9-17)7-14(6-12)10-17/h2-4,12-15,18H,5-11H2,1H3. The van der Waals surface area contributed by atoms with Crippen LogP contribution in [-0.2, 0) is 0 Å². The van der Waals surface area contributed by atoms with Crippen LogP contribution in [0.15, 0.2) is 22.8 Å². The Morgan fingerprint density at radius 2 is 1.84 bits per heavy atom. The maximum absolute atomic E-state index is 5.64. The van der Waals surface area contributed by atoms with Gasteiger partial charge in [0, 0.05) is 0 Å². The van der Waals surface area contributed by atoms with Gasteiger partial charge in [-0.05, 0) is 87.3 Å². The van der Waals surface area contributed by atoms with Gasteiger partial charge in [-0.3, -0.25) is 0 Å². The molecule has 4 bridgehead atoms. The normalized spacial score (nSPS) is 41.6. The van der Waals surface area contributed by atoms with Gasteiger partial charge in [0.05, 0.1) is 12.3 Å². The largest absolute Gasteiger partial charge is 0.468 e. The van der Waals surface area contributed by atoms with Gasteiger partial charge in [-0.1, -0.05) is 0 Å². The van der Waals surface area contributed by atoms with Crippen molar-refractivity contribution in [2.24, 2.45) is 23.2 Å². The lowest BCUT2D eigenvalue weighted by Gasteiger charge is -2.57. The molecule has 1 unspecified atom stereocenters. The maximum Gasteiger partial charge on any atom is 0.120 e. The second kappa shape index (κ2) is 4.37. The third-order valence-corrected chi connectivity index (χ3v) is 6.04. The highest BCUT2D eigenvalue weighted by Crippen LogP contribution is 2.62. The Morgan fingerprint density at radius 3 is 2.32 bits per heavy atom. The van der Waals surface area contributed by atoms with Gasteiger partial charge in [-0.25, -0.2) is 0 Å². The molecule has 0 spiro atoms. The average molecular weight is 259 g/mol. The van der Waals surface area contributed by atoms with E-state index in [1.54, 1.807) is 6.26 Å². The first-order valence-electron chi connectivity index (χ1n) is 7.97. The fourth-order valence-electron chi connectivity index (χ4n) is 5.81. The Labute approximate surface area is 116 Å². The van der Waals surface area contributed by atoms with E-state index in [0.29, 0.717) is 11.5 Å². The highest BCUT2D eigenvalue weighted by atomic mass is 16.3. The van der Waals surface area contributed by atoms with Crippen LogP contribution in [0.1, 0.15) is 56.7 Å². The molecule has 1 aromatic rings. The molecule has 2 heteroatoms. The summed E-state index contributed by atoms with van der Waals surface area (Å²) in [5, 5.41) is 3.49. The van der Waals surface area contributed by atoms with E-state index in [4.69, 9.17) is 4.42 Å². The first-order chi connectivity index (χ1) is 9.26. The monoisotopic (exact) mass is 259 g/mol. The molecular weight excluding hydrogens is 234 g/mol. The summed E-state index contributed by atoms with van der Waals surface area (Å²) in [6.45, 7) is 0. The molecule has 4 fully saturated rings. The fraction of sp³-hybridized carbons (Fsp3) is 0.765. The minimum Gasteiger partial charge on any atom is -0.468 e. The van der Waals surface area contributed by atoms with Crippen molar-refractivity contribution in [2.45, 2.75) is 51.0 Å². The van der Waals surface area contributed by atoms with Gasteiger partial charge in [0.1, 0.15) is 5.76 Å². The first-order valence-corrected chi connectivity index (χ1v) is 7.97. The number of furan rings is 1. The van der Waals surface area contributed by atoms with E-state index < -0.39 is 0 Å². The molecule has 4 saturated carbocycles. The van der Waals surface area contributed by atoms with Crippen molar-refractivity contribution >= 4 is 0 Å². The summed E-state index contributed by atoms with van der Waals surface area (Å²) in [5.41, 5.74) is 0.620. The molecule has 0 aliphatic heterocycles. The molecule has 1 atom stereocenters. The minimum absolute atomic E-state index is 0.409. The third-order valence-electron chi connectivity index (χ3n) is 6.04. The van der Waals surface area contributed by atoms with Gasteiger partial charge in [-0.2, -0.15) is 0 Å². The highest BCUT2D eigenvalue weighted by molar-refractivity contribution is 5.09. The second-order valence-corrected chi connectivity index (χ2v) is 7.48. The molecule has 2 nitrogen and oxygen atoms in total. The van der Waals surface area contributed by atoms with Crippen molar-refractivity contribution in [3.05, 3.63) is 24.2 Å². The molecule has 4 aliphatic rings. The molecule has 0 amide bonds. The van der Waals surface area contributed by atoms with Crippen molar-refractivity contribution in [3.63, 3.8) is 0 Å². The molecule has 19 heavy (non-hydrogen) atoms. The highest BCUT2D eigenvalue weighted by Gasteiger charge is 2.51. The minimum atomic E-state index is 0.409. The van der Waals surface area contributed by atoms with Crippen molar-refractivity contribution < 1.29 is 4.42 Å². The zero-order valence-electron chi connectivity index (χ0n) is 11.9. The zero-order chi connectivity index (χ0) is 12.9. The van der Waals surface area contributed by atoms with Crippen molar-refractivity contribution in [1.29, 1.82) is 0 Å². The lowest BCUT2D eigenvalue weighted by Crippen LogP contribution is -2.47. The lowest BCUT2D eigenvalue weighted by atomic mass is 9.48. The predicted octanol–water partition coefficient (Wildman–Crippen LogP) is 4.15. The van der Waals surface area contributed by atoms with Crippen molar-refractivity contribution in [1.82, 2.24) is 5.32 Å². The van der Waals surface area contributed by atoms with Crippen LogP contribution in [0.4, 0.5) is 0 Å². The van der Waals surface area contributed by atoms with E-state index in [2.05, 4.69) is 18.4 Å². The van der Waals surface area contributed by atoms with Crippen molar-refractivity contribution in [2.75, 3.05) is 7.05 Å². The van der Waals surface area contributed by atoms with Crippen LogP contribution in [0, 0.1) is 23.2 Å². The molecule has 0 saturated heterocycles. The summed E-state index contributed by atoms with van der Waals surface area (Å²) in [6, 6.07) is 4.55. The molecule has 1 aromatic heterocycles. The van der Waals surface area contributed by atoms with Gasteiger partial charge < -0.3 is 9.73 Å². The molecule has 1 N–H and O–H groups in total. The Hall–Kier alpha value is -0.760. The first kappa shape index (κ1) is 12.0. The van der Waals surface area contributed by atoms with Crippen LogP contribution in [0.3, 0.4) is 0 Å². The topological polar surface area (TPSA) is 25.2 Å². The number of nitrogens with one attached hydrogen (secondary N) is 1. The van der Waals surface area contributed by atoms with Gasteiger partial charge in [0.25, 0.3) is 0 Å². The van der Waals surface area contributed by atoms with Crippen molar-refractivity contribution in [3.8, 4) is 0 Å². The SMILES string of the molecule is CNC(CC12CC3CC(CC(C3)C1)C2)c1ccco1. The number of hydrogen-bond donors (Lipinski definition) is 1. The fourth-order valence-corrected chi connectivity index (χ4v) is 5.81. The molecule has 1 heterocycles. The van der Waals surface area contributed by atoms with E-state index in [-0.39, 0.29) is 0 Å². The molecule has 5 rings (SSSR count). The summed E-state index contributed by atoms with van der Waals surface area (Å²) in [6.07, 6.45) is 12.1. The Morgan fingerprint density at radius 1 is 1.21 bits per heavy atom. The van der Waals surface area contributed by atoms with Gasteiger partial charge in [0.15, 0.2) is 0 Å².